The molecule has 1 saturated heterocycles. The minimum absolute atomic E-state index is 0.0490. The number of aliphatic hydroxyl groups is 1. The molecule has 156 valence electrons. The summed E-state index contributed by atoms with van der Waals surface area (Å²) in [4.78, 5) is 39.3. The molecule has 1 amide bonds. The molecule has 0 saturated carbocycles. The Bertz CT molecular complexity index is 1070. The maximum atomic E-state index is 13.2. The molecule has 2 aromatic rings. The van der Waals surface area contributed by atoms with Crippen LogP contribution in [0.15, 0.2) is 52.5 Å². The highest BCUT2D eigenvalue weighted by Crippen LogP contribution is 2.45. The van der Waals surface area contributed by atoms with Crippen LogP contribution in [-0.4, -0.2) is 47.1 Å². The second-order valence-electron chi connectivity index (χ2n) is 7.23. The van der Waals surface area contributed by atoms with E-state index in [2.05, 4.69) is 5.32 Å². The molecule has 0 unspecified atom stereocenters. The number of hydrogen-bond donors (Lipinski definition) is 2. The number of aliphatic hydroxyl groups excluding tert-OH is 1. The molecule has 30 heavy (non-hydrogen) atoms. The SMILES string of the molecule is CCc1ccc(C2=C(C)C(=O)[C@]3(O2)C(=O)N[C@](OC)(C(=O)c2ccccc2)[C@H]3O)o1. The van der Waals surface area contributed by atoms with E-state index in [9.17, 15) is 19.5 Å². The van der Waals surface area contributed by atoms with E-state index in [4.69, 9.17) is 13.9 Å². The van der Waals surface area contributed by atoms with Gasteiger partial charge in [-0.25, -0.2) is 0 Å². The lowest BCUT2D eigenvalue weighted by molar-refractivity contribution is -0.156. The number of furan rings is 1. The molecule has 0 radical (unpaired) electrons. The maximum absolute atomic E-state index is 13.2. The summed E-state index contributed by atoms with van der Waals surface area (Å²) in [6.45, 7) is 3.38. The highest BCUT2D eigenvalue weighted by Gasteiger charge is 2.74. The van der Waals surface area contributed by atoms with Gasteiger partial charge in [0.25, 0.3) is 11.5 Å². The molecule has 3 atom stereocenters. The first-order valence-corrected chi connectivity index (χ1v) is 9.51. The molecular formula is C22H21NO7. The molecule has 1 aromatic carbocycles. The molecule has 2 N–H and O–H groups in total. The number of nitrogens with one attached hydrogen (secondary N) is 1. The number of hydrogen-bond acceptors (Lipinski definition) is 7. The number of benzene rings is 1. The van der Waals surface area contributed by atoms with Crippen LogP contribution >= 0.6 is 0 Å². The van der Waals surface area contributed by atoms with E-state index in [1.54, 1.807) is 30.3 Å². The smallest absolute Gasteiger partial charge is 0.279 e. The predicted molar refractivity (Wildman–Crippen MR) is 104 cm³/mol. The van der Waals surface area contributed by atoms with Crippen LogP contribution in [0.25, 0.3) is 5.76 Å². The number of rotatable bonds is 5. The number of ketones is 2. The zero-order valence-electron chi connectivity index (χ0n) is 16.7. The summed E-state index contributed by atoms with van der Waals surface area (Å²) in [6, 6.07) is 11.4. The first-order valence-electron chi connectivity index (χ1n) is 9.51. The number of aryl methyl sites for hydroxylation is 1. The fourth-order valence-corrected chi connectivity index (χ4v) is 3.90. The van der Waals surface area contributed by atoms with Crippen molar-refractivity contribution in [3.8, 4) is 0 Å². The lowest BCUT2D eigenvalue weighted by Crippen LogP contribution is -2.60. The van der Waals surface area contributed by atoms with Gasteiger partial charge in [0.1, 0.15) is 5.76 Å². The third-order valence-electron chi connectivity index (χ3n) is 5.62. The van der Waals surface area contributed by atoms with Crippen molar-refractivity contribution in [2.45, 2.75) is 37.7 Å². The van der Waals surface area contributed by atoms with Crippen molar-refractivity contribution in [2.24, 2.45) is 0 Å². The normalized spacial score (nSPS) is 28.2. The Balaban J connectivity index is 1.76. The summed E-state index contributed by atoms with van der Waals surface area (Å²) in [5.41, 5.74) is -4.22. The second-order valence-corrected chi connectivity index (χ2v) is 7.23. The van der Waals surface area contributed by atoms with E-state index in [1.165, 1.54) is 26.2 Å². The van der Waals surface area contributed by atoms with Gasteiger partial charge >= 0.3 is 0 Å². The van der Waals surface area contributed by atoms with Crippen LogP contribution in [-0.2, 0) is 25.5 Å². The van der Waals surface area contributed by atoms with Crippen LogP contribution in [0.1, 0.15) is 35.7 Å². The molecular weight excluding hydrogens is 390 g/mol. The molecule has 0 aliphatic carbocycles. The monoisotopic (exact) mass is 411 g/mol. The van der Waals surface area contributed by atoms with Gasteiger partial charge in [-0.05, 0) is 19.1 Å². The highest BCUT2D eigenvalue weighted by atomic mass is 16.6. The van der Waals surface area contributed by atoms with Gasteiger partial charge < -0.3 is 24.3 Å². The Labute approximate surface area is 172 Å². The molecule has 1 fully saturated rings. The summed E-state index contributed by atoms with van der Waals surface area (Å²) >= 11 is 0. The summed E-state index contributed by atoms with van der Waals surface area (Å²) in [5, 5.41) is 13.5. The van der Waals surface area contributed by atoms with Crippen LogP contribution < -0.4 is 5.32 Å². The van der Waals surface area contributed by atoms with Gasteiger partial charge in [0, 0.05) is 24.7 Å². The van der Waals surface area contributed by atoms with E-state index < -0.39 is 34.9 Å². The van der Waals surface area contributed by atoms with Crippen molar-refractivity contribution in [3.05, 3.63) is 65.1 Å². The molecule has 2 aliphatic heterocycles. The van der Waals surface area contributed by atoms with Gasteiger partial charge in [0.05, 0.1) is 0 Å². The minimum atomic E-state index is -2.35. The Morgan fingerprint density at radius 3 is 2.50 bits per heavy atom. The van der Waals surface area contributed by atoms with E-state index in [1.807, 2.05) is 6.92 Å². The number of Topliss-reactive ketones (excluding diaryl/α,β-unsaturated/α-hetero) is 2. The summed E-state index contributed by atoms with van der Waals surface area (Å²) in [7, 11) is 1.17. The largest absolute Gasteiger partial charge is 0.462 e. The lowest BCUT2D eigenvalue weighted by atomic mass is 9.85. The number of carbonyl (C=O) groups excluding carboxylic acids is 3. The average molecular weight is 411 g/mol. The van der Waals surface area contributed by atoms with E-state index in [0.717, 1.165) is 0 Å². The molecule has 1 aromatic heterocycles. The summed E-state index contributed by atoms with van der Waals surface area (Å²) in [5.74, 6) is -1.42. The molecule has 1 spiro atoms. The number of methoxy groups -OCH3 is 1. The fourth-order valence-electron chi connectivity index (χ4n) is 3.90. The first-order chi connectivity index (χ1) is 14.3. The first kappa shape index (κ1) is 20.1. The van der Waals surface area contributed by atoms with Crippen LogP contribution in [0.2, 0.25) is 0 Å². The highest BCUT2D eigenvalue weighted by molar-refractivity contribution is 6.25. The van der Waals surface area contributed by atoms with Gasteiger partial charge in [-0.3, -0.25) is 14.4 Å². The molecule has 2 aliphatic rings. The Hall–Kier alpha value is -3.23. The van der Waals surface area contributed by atoms with E-state index in [-0.39, 0.29) is 22.7 Å². The van der Waals surface area contributed by atoms with Crippen molar-refractivity contribution >= 4 is 23.2 Å². The van der Waals surface area contributed by atoms with Gasteiger partial charge in [0.2, 0.25) is 17.3 Å². The van der Waals surface area contributed by atoms with Crippen molar-refractivity contribution in [2.75, 3.05) is 7.11 Å². The predicted octanol–water partition coefficient (Wildman–Crippen LogP) is 1.63. The number of ether oxygens (including phenoxy) is 2. The fraction of sp³-hybridized carbons (Fsp3) is 0.318. The lowest BCUT2D eigenvalue weighted by Gasteiger charge is -2.32. The zero-order chi connectivity index (χ0) is 21.7. The molecule has 8 heteroatoms. The summed E-state index contributed by atoms with van der Waals surface area (Å²) in [6.07, 6.45) is -1.30. The van der Waals surface area contributed by atoms with Crippen molar-refractivity contribution in [3.63, 3.8) is 0 Å². The van der Waals surface area contributed by atoms with E-state index >= 15 is 0 Å². The molecule has 8 nitrogen and oxygen atoms in total. The standard InChI is InChI=1S/C22H21NO7/c1-4-14-10-11-15(29-14)16-12(2)17(24)21(30-16)19(26)22(28-3,23-20(21)27)18(25)13-8-6-5-7-9-13/h5-11,19,26H,4H2,1-3H3,(H,23,27)/t19-,21+,22-/m0/s1. The Kier molecular flexibility index (Phi) is 4.63. The van der Waals surface area contributed by atoms with Crippen LogP contribution in [0.5, 0.6) is 0 Å². The minimum Gasteiger partial charge on any atom is -0.462 e. The molecule has 0 bridgehead atoms. The van der Waals surface area contributed by atoms with Gasteiger partial charge in [-0.15, -0.1) is 0 Å². The Morgan fingerprint density at radius 2 is 1.90 bits per heavy atom. The Morgan fingerprint density at radius 1 is 1.20 bits per heavy atom. The number of carbonyl (C=O) groups is 3. The average Bonchev–Trinajstić information content (AvgIpc) is 3.41. The molecule has 4 rings (SSSR count). The van der Waals surface area contributed by atoms with E-state index in [0.29, 0.717) is 12.2 Å². The molecule has 3 heterocycles. The van der Waals surface area contributed by atoms with Gasteiger partial charge in [0.15, 0.2) is 17.6 Å². The quantitative estimate of drug-likeness (QED) is 0.568. The number of amides is 1. The van der Waals surface area contributed by atoms with Gasteiger partial charge in [-0.2, -0.15) is 0 Å². The zero-order valence-corrected chi connectivity index (χ0v) is 16.7. The second kappa shape index (κ2) is 6.93. The maximum Gasteiger partial charge on any atom is 0.279 e. The van der Waals surface area contributed by atoms with Crippen LogP contribution in [0.3, 0.4) is 0 Å². The summed E-state index contributed by atoms with van der Waals surface area (Å²) < 4.78 is 16.8. The topological polar surface area (TPSA) is 115 Å². The van der Waals surface area contributed by atoms with Crippen LogP contribution in [0, 0.1) is 0 Å². The third-order valence-corrected chi connectivity index (χ3v) is 5.62. The van der Waals surface area contributed by atoms with Gasteiger partial charge in [-0.1, -0.05) is 37.3 Å². The van der Waals surface area contributed by atoms with Crippen molar-refractivity contribution in [1.82, 2.24) is 5.32 Å². The van der Waals surface area contributed by atoms with Crippen LogP contribution in [0.4, 0.5) is 0 Å². The third kappa shape index (κ3) is 2.50. The van der Waals surface area contributed by atoms with Crippen molar-refractivity contribution < 1.29 is 33.4 Å². The van der Waals surface area contributed by atoms with Crippen molar-refractivity contribution in [1.29, 1.82) is 0 Å².